The van der Waals surface area contributed by atoms with E-state index in [0.717, 1.165) is 0 Å². The van der Waals surface area contributed by atoms with Crippen LogP contribution in [0, 0.1) is 0 Å². The maximum Gasteiger partial charge on any atom is 0.235 e. The van der Waals surface area contributed by atoms with Gasteiger partial charge < -0.3 is 15.2 Å². The Morgan fingerprint density at radius 3 is 2.62 bits per heavy atom. The molecular weight excluding hydrogens is 194 g/mol. The maximum atomic E-state index is 11.0. The molecule has 0 aromatic rings. The molecule has 0 aromatic heterocycles. The first-order valence-corrected chi connectivity index (χ1v) is 4.81. The van der Waals surface area contributed by atoms with Crippen molar-refractivity contribution in [3.8, 4) is 0 Å². The topological polar surface area (TPSA) is 58.6 Å². The first-order valence-electron chi connectivity index (χ1n) is 4.28. The van der Waals surface area contributed by atoms with Crippen LogP contribution in [0.4, 0.5) is 0 Å². The van der Waals surface area contributed by atoms with E-state index in [0.29, 0.717) is 26.1 Å². The number of ether oxygens (including phenoxy) is 1. The molecule has 13 heavy (non-hydrogen) atoms. The van der Waals surface area contributed by atoms with Crippen molar-refractivity contribution in [3.05, 3.63) is 0 Å². The number of hydrogen-bond acceptors (Lipinski definition) is 3. The second kappa shape index (κ2) is 4.79. The highest BCUT2D eigenvalue weighted by molar-refractivity contribution is 6.27. The van der Waals surface area contributed by atoms with Gasteiger partial charge in [-0.3, -0.25) is 4.79 Å². The lowest BCUT2D eigenvalue weighted by Crippen LogP contribution is -2.54. The predicted octanol–water partition coefficient (Wildman–Crippen LogP) is -0.117. The average Bonchev–Trinajstić information content (AvgIpc) is 2.19. The minimum absolute atomic E-state index is 0.0566. The average molecular weight is 208 g/mol. The summed E-state index contributed by atoms with van der Waals surface area (Å²) in [5.41, 5.74) is -0.510. The highest BCUT2D eigenvalue weighted by atomic mass is 35.5. The molecule has 5 heteroatoms. The number of amides is 1. The lowest BCUT2D eigenvalue weighted by Gasteiger charge is -2.36. The van der Waals surface area contributed by atoms with Crippen LogP contribution < -0.4 is 5.32 Å². The lowest BCUT2D eigenvalue weighted by atomic mass is 9.91. The van der Waals surface area contributed by atoms with Gasteiger partial charge in [0, 0.05) is 13.2 Å². The van der Waals surface area contributed by atoms with Gasteiger partial charge >= 0.3 is 0 Å². The van der Waals surface area contributed by atoms with Gasteiger partial charge in [-0.25, -0.2) is 0 Å². The van der Waals surface area contributed by atoms with E-state index in [2.05, 4.69) is 5.32 Å². The Kier molecular flexibility index (Phi) is 3.96. The van der Waals surface area contributed by atoms with Gasteiger partial charge in [0.25, 0.3) is 0 Å². The molecule has 0 saturated carbocycles. The van der Waals surface area contributed by atoms with Crippen molar-refractivity contribution in [1.82, 2.24) is 5.32 Å². The molecule has 0 aliphatic carbocycles. The van der Waals surface area contributed by atoms with E-state index in [1.54, 1.807) is 0 Å². The molecule has 0 radical (unpaired) electrons. The van der Waals surface area contributed by atoms with Gasteiger partial charge in [0.05, 0.1) is 12.1 Å². The van der Waals surface area contributed by atoms with E-state index in [-0.39, 0.29) is 18.4 Å². The van der Waals surface area contributed by atoms with Crippen LogP contribution in [0.2, 0.25) is 0 Å². The second-order valence-electron chi connectivity index (χ2n) is 3.23. The molecule has 1 aliphatic heterocycles. The third-order valence-electron chi connectivity index (χ3n) is 2.28. The molecule has 76 valence electrons. The molecule has 4 nitrogen and oxygen atoms in total. The van der Waals surface area contributed by atoms with Crippen LogP contribution >= 0.6 is 11.6 Å². The monoisotopic (exact) mass is 207 g/mol. The SMILES string of the molecule is O=C(CCl)NC1(CO)CCOCC1. The van der Waals surface area contributed by atoms with Crippen molar-refractivity contribution in [1.29, 1.82) is 0 Å². The summed E-state index contributed by atoms with van der Waals surface area (Å²) in [5.74, 6) is -0.305. The Balaban J connectivity index is 2.52. The summed E-state index contributed by atoms with van der Waals surface area (Å²) in [5, 5.41) is 11.9. The minimum atomic E-state index is -0.510. The number of hydrogen-bond donors (Lipinski definition) is 2. The zero-order chi connectivity index (χ0) is 9.73. The smallest absolute Gasteiger partial charge is 0.235 e. The van der Waals surface area contributed by atoms with Crippen LogP contribution in [0.1, 0.15) is 12.8 Å². The highest BCUT2D eigenvalue weighted by Gasteiger charge is 2.32. The zero-order valence-electron chi connectivity index (χ0n) is 7.38. The molecular formula is C8H14ClNO3. The number of rotatable bonds is 3. The Hall–Kier alpha value is -0.320. The quantitative estimate of drug-likeness (QED) is 0.635. The predicted molar refractivity (Wildman–Crippen MR) is 48.7 cm³/mol. The minimum Gasteiger partial charge on any atom is -0.394 e. The van der Waals surface area contributed by atoms with Crippen LogP contribution in [0.5, 0.6) is 0 Å². The number of aliphatic hydroxyl groups is 1. The van der Waals surface area contributed by atoms with Gasteiger partial charge in [-0.05, 0) is 12.8 Å². The number of halogens is 1. The van der Waals surface area contributed by atoms with Crippen molar-refractivity contribution in [2.75, 3.05) is 25.7 Å². The van der Waals surface area contributed by atoms with E-state index in [9.17, 15) is 9.90 Å². The molecule has 1 aliphatic rings. The number of carbonyl (C=O) groups excluding carboxylic acids is 1. The normalized spacial score (nSPS) is 21.1. The summed E-state index contributed by atoms with van der Waals surface area (Å²) in [7, 11) is 0. The van der Waals surface area contributed by atoms with Crippen LogP contribution in [0.3, 0.4) is 0 Å². The molecule has 1 amide bonds. The summed E-state index contributed by atoms with van der Waals surface area (Å²) in [6.07, 6.45) is 1.29. The molecule has 1 heterocycles. The number of aliphatic hydroxyl groups excluding tert-OH is 1. The second-order valence-corrected chi connectivity index (χ2v) is 3.50. The molecule has 0 spiro atoms. The van der Waals surface area contributed by atoms with Crippen LogP contribution in [-0.4, -0.2) is 42.3 Å². The van der Waals surface area contributed by atoms with Gasteiger partial charge in [0.1, 0.15) is 5.88 Å². The summed E-state index contributed by atoms with van der Waals surface area (Å²) in [4.78, 5) is 11.0. The van der Waals surface area contributed by atoms with Crippen LogP contribution in [-0.2, 0) is 9.53 Å². The van der Waals surface area contributed by atoms with Gasteiger partial charge in [0.15, 0.2) is 0 Å². The summed E-state index contributed by atoms with van der Waals surface area (Å²) in [6.45, 7) is 1.09. The molecule has 0 aromatic carbocycles. The summed E-state index contributed by atoms with van der Waals surface area (Å²) >= 11 is 5.37. The number of carbonyl (C=O) groups is 1. The van der Waals surface area contributed by atoms with E-state index < -0.39 is 5.54 Å². The zero-order valence-corrected chi connectivity index (χ0v) is 8.14. The third kappa shape index (κ3) is 2.83. The fourth-order valence-electron chi connectivity index (χ4n) is 1.41. The Bertz CT molecular complexity index is 180. The molecule has 2 N–H and O–H groups in total. The molecule has 1 rings (SSSR count). The summed E-state index contributed by atoms with van der Waals surface area (Å²) in [6, 6.07) is 0. The van der Waals surface area contributed by atoms with Crippen LogP contribution in [0.15, 0.2) is 0 Å². The van der Waals surface area contributed by atoms with Gasteiger partial charge in [-0.2, -0.15) is 0 Å². The van der Waals surface area contributed by atoms with Crippen molar-refractivity contribution >= 4 is 17.5 Å². The summed E-state index contributed by atoms with van der Waals surface area (Å²) < 4.78 is 5.15. The first kappa shape index (κ1) is 10.8. The van der Waals surface area contributed by atoms with Crippen molar-refractivity contribution in [2.45, 2.75) is 18.4 Å². The largest absolute Gasteiger partial charge is 0.394 e. The molecule has 0 unspecified atom stereocenters. The molecule has 0 bridgehead atoms. The van der Waals surface area contributed by atoms with E-state index in [1.807, 2.05) is 0 Å². The molecule has 1 saturated heterocycles. The third-order valence-corrected chi connectivity index (χ3v) is 2.52. The van der Waals surface area contributed by atoms with E-state index >= 15 is 0 Å². The fraction of sp³-hybridized carbons (Fsp3) is 0.875. The maximum absolute atomic E-state index is 11.0. The number of alkyl halides is 1. The Morgan fingerprint density at radius 1 is 1.54 bits per heavy atom. The first-order chi connectivity index (χ1) is 6.22. The Morgan fingerprint density at radius 2 is 2.15 bits per heavy atom. The highest BCUT2D eigenvalue weighted by Crippen LogP contribution is 2.19. The lowest BCUT2D eigenvalue weighted by molar-refractivity contribution is -0.122. The van der Waals surface area contributed by atoms with Crippen molar-refractivity contribution in [3.63, 3.8) is 0 Å². The van der Waals surface area contributed by atoms with Gasteiger partial charge in [0.2, 0.25) is 5.91 Å². The van der Waals surface area contributed by atoms with Crippen LogP contribution in [0.25, 0.3) is 0 Å². The standard InChI is InChI=1S/C8H14ClNO3/c9-5-7(12)10-8(6-11)1-3-13-4-2-8/h11H,1-6H2,(H,10,12). The fourth-order valence-corrected chi connectivity index (χ4v) is 1.48. The van der Waals surface area contributed by atoms with E-state index in [4.69, 9.17) is 16.3 Å². The van der Waals surface area contributed by atoms with E-state index in [1.165, 1.54) is 0 Å². The van der Waals surface area contributed by atoms with Gasteiger partial charge in [-0.1, -0.05) is 0 Å². The molecule has 0 atom stereocenters. The number of nitrogens with one attached hydrogen (secondary N) is 1. The van der Waals surface area contributed by atoms with Crippen molar-refractivity contribution in [2.24, 2.45) is 0 Å². The van der Waals surface area contributed by atoms with Crippen molar-refractivity contribution < 1.29 is 14.6 Å². The molecule has 1 fully saturated rings. The Labute approximate surface area is 82.2 Å². The van der Waals surface area contributed by atoms with Gasteiger partial charge in [-0.15, -0.1) is 11.6 Å².